The second-order valence-electron chi connectivity index (χ2n) is 3.85. The van der Waals surface area contributed by atoms with Crippen molar-refractivity contribution in [1.82, 2.24) is 0 Å². The van der Waals surface area contributed by atoms with Crippen molar-refractivity contribution in [3.63, 3.8) is 0 Å². The van der Waals surface area contributed by atoms with Crippen LogP contribution in [-0.4, -0.2) is 17.3 Å². The van der Waals surface area contributed by atoms with Gasteiger partial charge in [-0.3, -0.25) is 0 Å². The van der Waals surface area contributed by atoms with Gasteiger partial charge in [0.2, 0.25) is 0 Å². The van der Waals surface area contributed by atoms with E-state index in [1.807, 2.05) is 0 Å². The molecule has 0 fully saturated rings. The van der Waals surface area contributed by atoms with Crippen molar-refractivity contribution in [2.75, 3.05) is 6.54 Å². The van der Waals surface area contributed by atoms with Gasteiger partial charge in [-0.2, -0.15) is 0 Å². The molecule has 0 bridgehead atoms. The van der Waals surface area contributed by atoms with Gasteiger partial charge >= 0.3 is 0 Å². The lowest BCUT2D eigenvalue weighted by Crippen LogP contribution is -2.36. The Hall–Kier alpha value is -0.0800. The quantitative estimate of drug-likeness (QED) is 0.642. The van der Waals surface area contributed by atoms with E-state index < -0.39 is 5.60 Å². The Kier molecular flexibility index (Phi) is 6.35. The highest BCUT2D eigenvalue weighted by molar-refractivity contribution is 4.83. The van der Waals surface area contributed by atoms with Crippen LogP contribution in [0.3, 0.4) is 0 Å². The Labute approximate surface area is 82.5 Å². The smallest absolute Gasteiger partial charge is 0.0670 e. The van der Waals surface area contributed by atoms with Crippen LogP contribution in [0.2, 0.25) is 0 Å². The van der Waals surface area contributed by atoms with Gasteiger partial charge < -0.3 is 10.8 Å². The van der Waals surface area contributed by atoms with Gasteiger partial charge in [0.05, 0.1) is 5.60 Å². The van der Waals surface area contributed by atoms with Crippen LogP contribution in [0.4, 0.5) is 0 Å². The van der Waals surface area contributed by atoms with Crippen molar-refractivity contribution in [2.24, 2.45) is 11.7 Å². The SMILES string of the molecule is CCC(CCCN)C(O)(CC)CC. The van der Waals surface area contributed by atoms with Crippen molar-refractivity contribution in [1.29, 1.82) is 0 Å². The molecule has 0 aromatic rings. The summed E-state index contributed by atoms with van der Waals surface area (Å²) >= 11 is 0. The monoisotopic (exact) mass is 187 g/mol. The number of nitrogens with two attached hydrogens (primary N) is 1. The van der Waals surface area contributed by atoms with Crippen molar-refractivity contribution < 1.29 is 5.11 Å². The number of hydrogen-bond acceptors (Lipinski definition) is 2. The van der Waals surface area contributed by atoms with E-state index in [2.05, 4.69) is 20.8 Å². The van der Waals surface area contributed by atoms with Crippen LogP contribution in [0.5, 0.6) is 0 Å². The highest BCUT2D eigenvalue weighted by Gasteiger charge is 2.30. The van der Waals surface area contributed by atoms with E-state index in [0.717, 1.165) is 38.6 Å². The minimum absolute atomic E-state index is 0.422. The molecule has 0 rings (SSSR count). The molecule has 0 aliphatic rings. The van der Waals surface area contributed by atoms with Gasteiger partial charge in [-0.1, -0.05) is 27.2 Å². The maximum atomic E-state index is 10.3. The molecular weight excluding hydrogens is 162 g/mol. The van der Waals surface area contributed by atoms with Gasteiger partial charge in [-0.25, -0.2) is 0 Å². The predicted molar refractivity (Wildman–Crippen MR) is 57.6 cm³/mol. The van der Waals surface area contributed by atoms with Crippen LogP contribution in [0.15, 0.2) is 0 Å². The normalized spacial score (nSPS) is 14.5. The fourth-order valence-electron chi connectivity index (χ4n) is 2.04. The maximum Gasteiger partial charge on any atom is 0.0670 e. The number of aliphatic hydroxyl groups is 1. The lowest BCUT2D eigenvalue weighted by Gasteiger charge is -2.34. The maximum absolute atomic E-state index is 10.3. The fraction of sp³-hybridized carbons (Fsp3) is 1.00. The molecule has 0 aliphatic heterocycles. The van der Waals surface area contributed by atoms with E-state index >= 15 is 0 Å². The second kappa shape index (κ2) is 6.39. The zero-order valence-corrected chi connectivity index (χ0v) is 9.34. The summed E-state index contributed by atoms with van der Waals surface area (Å²) in [4.78, 5) is 0. The summed E-state index contributed by atoms with van der Waals surface area (Å²) in [7, 11) is 0. The third kappa shape index (κ3) is 3.65. The molecule has 13 heavy (non-hydrogen) atoms. The van der Waals surface area contributed by atoms with Crippen LogP contribution < -0.4 is 5.73 Å². The summed E-state index contributed by atoms with van der Waals surface area (Å²) in [6, 6.07) is 0. The third-order valence-electron chi connectivity index (χ3n) is 3.23. The Morgan fingerprint density at radius 1 is 1.23 bits per heavy atom. The zero-order chi connectivity index (χ0) is 10.3. The van der Waals surface area contributed by atoms with Crippen molar-refractivity contribution in [3.05, 3.63) is 0 Å². The van der Waals surface area contributed by atoms with E-state index in [1.54, 1.807) is 0 Å². The van der Waals surface area contributed by atoms with Gasteiger partial charge in [0.1, 0.15) is 0 Å². The summed E-state index contributed by atoms with van der Waals surface area (Å²) < 4.78 is 0. The molecule has 80 valence electrons. The number of hydrogen-bond donors (Lipinski definition) is 2. The molecule has 0 saturated heterocycles. The molecule has 0 spiro atoms. The minimum atomic E-state index is -0.454. The molecule has 3 N–H and O–H groups in total. The first-order chi connectivity index (χ1) is 6.14. The van der Waals surface area contributed by atoms with E-state index in [1.165, 1.54) is 0 Å². The first-order valence-corrected chi connectivity index (χ1v) is 5.57. The molecular formula is C11H25NO. The Morgan fingerprint density at radius 3 is 2.08 bits per heavy atom. The largest absolute Gasteiger partial charge is 0.390 e. The summed E-state index contributed by atoms with van der Waals surface area (Å²) in [6.45, 7) is 7.01. The fourth-order valence-corrected chi connectivity index (χ4v) is 2.04. The first kappa shape index (κ1) is 12.9. The summed E-state index contributed by atoms with van der Waals surface area (Å²) in [5, 5.41) is 10.3. The zero-order valence-electron chi connectivity index (χ0n) is 9.34. The Bertz CT molecular complexity index is 121. The van der Waals surface area contributed by atoms with Crippen LogP contribution in [-0.2, 0) is 0 Å². The highest BCUT2D eigenvalue weighted by atomic mass is 16.3. The van der Waals surface area contributed by atoms with Gasteiger partial charge in [-0.15, -0.1) is 0 Å². The lowest BCUT2D eigenvalue weighted by molar-refractivity contribution is -0.0310. The lowest BCUT2D eigenvalue weighted by atomic mass is 9.78. The molecule has 0 heterocycles. The average molecular weight is 187 g/mol. The third-order valence-corrected chi connectivity index (χ3v) is 3.23. The summed E-state index contributed by atoms with van der Waals surface area (Å²) in [5.74, 6) is 0.422. The molecule has 0 amide bonds. The van der Waals surface area contributed by atoms with E-state index in [0.29, 0.717) is 5.92 Å². The molecule has 1 atom stereocenters. The van der Waals surface area contributed by atoms with Crippen molar-refractivity contribution >= 4 is 0 Å². The molecule has 0 aromatic heterocycles. The molecule has 2 heteroatoms. The van der Waals surface area contributed by atoms with Gasteiger partial charge in [0.15, 0.2) is 0 Å². The van der Waals surface area contributed by atoms with Crippen LogP contribution in [0.25, 0.3) is 0 Å². The molecule has 2 nitrogen and oxygen atoms in total. The second-order valence-corrected chi connectivity index (χ2v) is 3.85. The van der Waals surface area contributed by atoms with E-state index in [-0.39, 0.29) is 0 Å². The molecule has 0 radical (unpaired) electrons. The molecule has 1 unspecified atom stereocenters. The standard InChI is InChI=1S/C11H25NO/c1-4-10(8-7-9-12)11(13,5-2)6-3/h10,13H,4-9,12H2,1-3H3. The minimum Gasteiger partial charge on any atom is -0.390 e. The highest BCUT2D eigenvalue weighted by Crippen LogP contribution is 2.31. The first-order valence-electron chi connectivity index (χ1n) is 5.57. The Balaban J connectivity index is 4.16. The van der Waals surface area contributed by atoms with Crippen LogP contribution in [0.1, 0.15) is 52.9 Å². The van der Waals surface area contributed by atoms with E-state index in [9.17, 15) is 5.11 Å². The van der Waals surface area contributed by atoms with E-state index in [4.69, 9.17) is 5.73 Å². The molecule has 0 aliphatic carbocycles. The van der Waals surface area contributed by atoms with Crippen molar-refractivity contribution in [2.45, 2.75) is 58.5 Å². The summed E-state index contributed by atoms with van der Waals surface area (Å²) in [5.41, 5.74) is 5.02. The predicted octanol–water partition coefficient (Wildman–Crippen LogP) is 2.30. The molecule has 0 aromatic carbocycles. The molecule has 0 saturated carbocycles. The van der Waals surface area contributed by atoms with Crippen LogP contribution in [0, 0.1) is 5.92 Å². The topological polar surface area (TPSA) is 46.2 Å². The average Bonchev–Trinajstić information content (AvgIpc) is 2.18. The van der Waals surface area contributed by atoms with Gasteiger partial charge in [0, 0.05) is 0 Å². The summed E-state index contributed by atoms with van der Waals surface area (Å²) in [6.07, 6.45) is 4.85. The van der Waals surface area contributed by atoms with Crippen LogP contribution >= 0.6 is 0 Å². The van der Waals surface area contributed by atoms with Gasteiger partial charge in [0.25, 0.3) is 0 Å². The Morgan fingerprint density at radius 2 is 1.77 bits per heavy atom. The number of rotatable bonds is 7. The van der Waals surface area contributed by atoms with Gasteiger partial charge in [-0.05, 0) is 38.1 Å². The van der Waals surface area contributed by atoms with Crippen molar-refractivity contribution in [3.8, 4) is 0 Å².